The van der Waals surface area contributed by atoms with Gasteiger partial charge in [-0.15, -0.1) is 5.56 Å². The maximum atomic E-state index is 3.55. The van der Waals surface area contributed by atoms with Gasteiger partial charge < -0.3 is 24.8 Å². The van der Waals surface area contributed by atoms with Crippen LogP contribution in [0, 0.1) is 6.07 Å². The molecule has 5 aromatic rings. The molecule has 0 spiro atoms. The second-order valence-corrected chi connectivity index (χ2v) is 11.6. The predicted molar refractivity (Wildman–Crippen MR) is 153 cm³/mol. The largest absolute Gasteiger partial charge is 0.214 e. The molecule has 0 aromatic heterocycles. The number of rotatable bonds is 4. The van der Waals surface area contributed by atoms with E-state index in [-0.39, 0.29) is 24.8 Å². The molecule has 0 heterocycles. The van der Waals surface area contributed by atoms with Crippen LogP contribution < -0.4 is 24.8 Å². The van der Waals surface area contributed by atoms with Crippen molar-refractivity contribution in [2.24, 2.45) is 0 Å². The minimum absolute atomic E-state index is 0. The fraction of sp³-hybridized carbons (Fsp3) is 0.167. The molecular weight excluding hydrogens is 595 g/mol. The molecule has 0 atom stereocenters. The third kappa shape index (κ3) is 9.04. The Bertz CT molecular complexity index is 1310. The molecule has 3 heteroatoms. The Balaban J connectivity index is 0.000000295. The Labute approximate surface area is 261 Å². The van der Waals surface area contributed by atoms with Crippen molar-refractivity contribution in [2.75, 3.05) is 0 Å². The van der Waals surface area contributed by atoms with Gasteiger partial charge in [-0.2, -0.15) is 47.5 Å². The molecule has 2 aliphatic carbocycles. The second-order valence-electron chi connectivity index (χ2n) is 9.81. The normalized spacial score (nSPS) is 12.1. The van der Waals surface area contributed by atoms with E-state index in [9.17, 15) is 0 Å². The van der Waals surface area contributed by atoms with Gasteiger partial charge in [0.2, 0.25) is 0 Å². The van der Waals surface area contributed by atoms with Crippen molar-refractivity contribution in [3.8, 4) is 11.1 Å². The van der Waals surface area contributed by atoms with E-state index >= 15 is 0 Å². The standard InChI is InChI=1S/C27H21.C5H5.C4H6.2ClH.Zr/c1-3-7-20(8-4-1)15-22-11-13-24-19-25-14-12-23(18-27(25)26(24)17-22)16-21-9-5-2-6-10-21;1-2-4-5-3-1;1-2-4-3-1;;;/h1-13,17-18H,15-16,19H2;1-5H;1-3H2;2*1H;/q2*-1;;;;+2/p-2. The second kappa shape index (κ2) is 16.0. The molecule has 5 aromatic carbocycles. The maximum Gasteiger partial charge on any atom is -0.00259 e. The fourth-order valence-electron chi connectivity index (χ4n) is 4.73. The summed E-state index contributed by atoms with van der Waals surface area (Å²) < 4.78 is 1.78. The fourth-order valence-corrected chi connectivity index (χ4v) is 5.60. The number of hydrogen-bond donors (Lipinski definition) is 0. The molecule has 0 aliphatic heterocycles. The first kappa shape index (κ1) is 31.1. The molecule has 1 fully saturated rings. The Morgan fingerprint density at radius 2 is 1.21 bits per heavy atom. The summed E-state index contributed by atoms with van der Waals surface area (Å²) in [5, 5.41) is 0. The van der Waals surface area contributed by atoms with E-state index < -0.39 is 0 Å². The SMILES string of the molecule is [Cl-].[Cl-].[Zr+2]=[C]1CCC1.[c-]1cc(Cc2ccccc2)cc2c1Cc1ccc(Cc3ccccc3)cc1-2.c1cc[cH-]c1. The molecule has 0 saturated heterocycles. The zero-order valence-corrected chi connectivity index (χ0v) is 26.0. The van der Waals surface area contributed by atoms with E-state index in [0.29, 0.717) is 0 Å². The first-order valence-corrected chi connectivity index (χ1v) is 14.4. The van der Waals surface area contributed by atoms with E-state index in [1.165, 1.54) is 63.8 Å². The van der Waals surface area contributed by atoms with Crippen LogP contribution >= 0.6 is 0 Å². The number of benzene rings is 4. The van der Waals surface area contributed by atoms with Crippen LogP contribution in [0.1, 0.15) is 52.6 Å². The molecule has 39 heavy (non-hydrogen) atoms. The van der Waals surface area contributed by atoms with Gasteiger partial charge in [-0.1, -0.05) is 95.6 Å². The van der Waals surface area contributed by atoms with Crippen molar-refractivity contribution in [3.63, 3.8) is 0 Å². The van der Waals surface area contributed by atoms with E-state index in [0.717, 1.165) is 19.3 Å². The maximum absolute atomic E-state index is 3.55. The number of halogens is 2. The summed E-state index contributed by atoms with van der Waals surface area (Å²) in [6.07, 6.45) is 7.31. The average molecular weight is 627 g/mol. The Kier molecular flexibility index (Phi) is 12.7. The molecule has 2 aliphatic rings. The van der Waals surface area contributed by atoms with Gasteiger partial charge in [0.05, 0.1) is 0 Å². The van der Waals surface area contributed by atoms with E-state index in [2.05, 4.69) is 97.1 Å². The van der Waals surface area contributed by atoms with E-state index in [1.54, 1.807) is 27.4 Å². The van der Waals surface area contributed by atoms with Gasteiger partial charge >= 0.3 is 46.7 Å². The molecule has 0 bridgehead atoms. The van der Waals surface area contributed by atoms with Gasteiger partial charge in [0.15, 0.2) is 0 Å². The molecule has 0 radical (unpaired) electrons. The summed E-state index contributed by atoms with van der Waals surface area (Å²) in [4.78, 5) is 0. The minimum atomic E-state index is 0. The van der Waals surface area contributed by atoms with Crippen molar-refractivity contribution in [3.05, 3.63) is 161 Å². The van der Waals surface area contributed by atoms with E-state index in [4.69, 9.17) is 0 Å². The van der Waals surface area contributed by atoms with Gasteiger partial charge in [-0.25, -0.2) is 12.1 Å². The Hall–Kier alpha value is -2.44. The van der Waals surface area contributed by atoms with Gasteiger partial charge in [0.1, 0.15) is 0 Å². The molecular formula is C36H32Cl2Zr-2. The van der Waals surface area contributed by atoms with Crippen molar-refractivity contribution in [2.45, 2.75) is 38.5 Å². The van der Waals surface area contributed by atoms with Crippen LogP contribution in [-0.2, 0) is 43.5 Å². The van der Waals surface area contributed by atoms with Crippen LogP contribution in [0.3, 0.4) is 0 Å². The van der Waals surface area contributed by atoms with Crippen LogP contribution in [0.2, 0.25) is 0 Å². The first-order valence-electron chi connectivity index (χ1n) is 13.2. The Morgan fingerprint density at radius 3 is 1.72 bits per heavy atom. The smallest absolute Gasteiger partial charge is 0.00259 e. The van der Waals surface area contributed by atoms with Crippen LogP contribution in [0.5, 0.6) is 0 Å². The first-order chi connectivity index (χ1) is 18.2. The third-order valence-corrected chi connectivity index (χ3v) is 8.16. The summed E-state index contributed by atoms with van der Waals surface area (Å²) in [6, 6.07) is 46.4. The van der Waals surface area contributed by atoms with Crippen LogP contribution in [-0.4, -0.2) is 3.21 Å². The molecule has 196 valence electrons. The van der Waals surface area contributed by atoms with Gasteiger partial charge in [0, 0.05) is 0 Å². The van der Waals surface area contributed by atoms with Crippen molar-refractivity contribution in [1.82, 2.24) is 0 Å². The van der Waals surface area contributed by atoms with Crippen molar-refractivity contribution >= 4 is 3.21 Å². The molecule has 1 saturated carbocycles. The minimum Gasteiger partial charge on any atom is -0.214 e. The molecule has 0 unspecified atom stereocenters. The van der Waals surface area contributed by atoms with E-state index in [1.807, 2.05) is 30.3 Å². The predicted octanol–water partition coefficient (Wildman–Crippen LogP) is 2.54. The quantitative estimate of drug-likeness (QED) is 0.264. The average Bonchev–Trinajstić information content (AvgIpc) is 3.61. The summed E-state index contributed by atoms with van der Waals surface area (Å²) in [6.45, 7) is 0. The van der Waals surface area contributed by atoms with Crippen molar-refractivity contribution in [1.29, 1.82) is 0 Å². The number of fused-ring (bicyclic) bond motifs is 3. The van der Waals surface area contributed by atoms with Crippen molar-refractivity contribution < 1.29 is 49.0 Å². The topological polar surface area (TPSA) is 0 Å². The summed E-state index contributed by atoms with van der Waals surface area (Å²) >= 11 is 1.67. The van der Waals surface area contributed by atoms with Gasteiger partial charge in [0.25, 0.3) is 0 Å². The summed E-state index contributed by atoms with van der Waals surface area (Å²) in [5.41, 5.74) is 10.9. The third-order valence-electron chi connectivity index (χ3n) is 6.93. The molecule has 0 nitrogen and oxygen atoms in total. The van der Waals surface area contributed by atoms with Gasteiger partial charge in [-0.05, 0) is 30.4 Å². The molecule has 0 amide bonds. The summed E-state index contributed by atoms with van der Waals surface area (Å²) in [7, 11) is 0. The Morgan fingerprint density at radius 1 is 0.641 bits per heavy atom. The molecule has 0 N–H and O–H groups in total. The van der Waals surface area contributed by atoms with Crippen LogP contribution in [0.15, 0.2) is 121 Å². The van der Waals surface area contributed by atoms with Crippen LogP contribution in [0.4, 0.5) is 0 Å². The molecule has 7 rings (SSSR count). The zero-order valence-electron chi connectivity index (χ0n) is 22.0. The number of hydrogen-bond acceptors (Lipinski definition) is 0. The zero-order chi connectivity index (χ0) is 25.3. The monoisotopic (exact) mass is 624 g/mol. The van der Waals surface area contributed by atoms with Crippen LogP contribution in [0.25, 0.3) is 11.1 Å². The van der Waals surface area contributed by atoms with Gasteiger partial charge in [-0.3, -0.25) is 0 Å². The summed E-state index contributed by atoms with van der Waals surface area (Å²) in [5.74, 6) is 0.